The molecule has 29 heavy (non-hydrogen) atoms. The maximum atomic E-state index is 12.9. The van der Waals surface area contributed by atoms with Crippen LogP contribution in [-0.4, -0.2) is 42.2 Å². The first-order chi connectivity index (χ1) is 13.8. The molecule has 1 saturated carbocycles. The SMILES string of the molecule is CC(=O)Nc1ccc(S(=O)(=O)N[C@@H](C)C(=O)N(Cc2cccnc2)C2CC2)cc1. The van der Waals surface area contributed by atoms with E-state index in [1.165, 1.54) is 31.2 Å². The first-order valence-corrected chi connectivity index (χ1v) is 10.8. The van der Waals surface area contributed by atoms with Crippen LogP contribution in [0.3, 0.4) is 0 Å². The van der Waals surface area contributed by atoms with Crippen molar-refractivity contribution in [2.45, 2.75) is 50.2 Å². The number of anilines is 1. The van der Waals surface area contributed by atoms with Crippen LogP contribution in [-0.2, 0) is 26.2 Å². The molecule has 1 aromatic carbocycles. The van der Waals surface area contributed by atoms with Gasteiger partial charge in [0.15, 0.2) is 0 Å². The largest absolute Gasteiger partial charge is 0.334 e. The Balaban J connectivity index is 1.69. The Labute approximate surface area is 170 Å². The third-order valence-corrected chi connectivity index (χ3v) is 6.09. The Morgan fingerprint density at radius 3 is 2.45 bits per heavy atom. The summed E-state index contributed by atoms with van der Waals surface area (Å²) >= 11 is 0. The molecule has 1 aliphatic carbocycles. The number of pyridine rings is 1. The lowest BCUT2D eigenvalue weighted by Crippen LogP contribution is -2.47. The van der Waals surface area contributed by atoms with Crippen molar-refractivity contribution in [3.8, 4) is 0 Å². The molecular formula is C20H24N4O4S. The lowest BCUT2D eigenvalue weighted by atomic mass is 10.2. The molecule has 1 atom stereocenters. The second kappa shape index (κ2) is 8.71. The molecule has 0 saturated heterocycles. The second-order valence-corrected chi connectivity index (χ2v) is 8.82. The molecule has 1 heterocycles. The van der Waals surface area contributed by atoms with Crippen molar-refractivity contribution in [1.29, 1.82) is 0 Å². The number of rotatable bonds is 8. The van der Waals surface area contributed by atoms with Crippen molar-refractivity contribution >= 4 is 27.5 Å². The molecule has 2 amide bonds. The van der Waals surface area contributed by atoms with Crippen LogP contribution in [0.2, 0.25) is 0 Å². The molecule has 9 heteroatoms. The molecule has 0 unspecified atom stereocenters. The molecule has 8 nitrogen and oxygen atoms in total. The summed E-state index contributed by atoms with van der Waals surface area (Å²) in [7, 11) is -3.88. The van der Waals surface area contributed by atoms with Gasteiger partial charge in [0.1, 0.15) is 0 Å². The van der Waals surface area contributed by atoms with Crippen molar-refractivity contribution in [2.75, 3.05) is 5.32 Å². The molecule has 2 aromatic rings. The summed E-state index contributed by atoms with van der Waals surface area (Å²) in [6, 6.07) is 8.70. The highest BCUT2D eigenvalue weighted by Gasteiger charge is 2.35. The fourth-order valence-electron chi connectivity index (χ4n) is 2.98. The molecule has 0 radical (unpaired) electrons. The van der Waals surface area contributed by atoms with Crippen LogP contribution < -0.4 is 10.0 Å². The van der Waals surface area contributed by atoms with Crippen LogP contribution in [0.1, 0.15) is 32.3 Å². The lowest BCUT2D eigenvalue weighted by molar-refractivity contribution is -0.133. The summed E-state index contributed by atoms with van der Waals surface area (Å²) in [5, 5.41) is 2.58. The highest BCUT2D eigenvalue weighted by molar-refractivity contribution is 7.89. The van der Waals surface area contributed by atoms with E-state index in [-0.39, 0.29) is 22.8 Å². The van der Waals surface area contributed by atoms with E-state index in [4.69, 9.17) is 0 Å². The van der Waals surface area contributed by atoms with Gasteiger partial charge >= 0.3 is 0 Å². The lowest BCUT2D eigenvalue weighted by Gasteiger charge is -2.26. The quantitative estimate of drug-likeness (QED) is 0.683. The van der Waals surface area contributed by atoms with Crippen LogP contribution in [0.15, 0.2) is 53.7 Å². The van der Waals surface area contributed by atoms with Gasteiger partial charge in [-0.15, -0.1) is 0 Å². The molecule has 2 N–H and O–H groups in total. The normalized spacial score (nSPS) is 14.8. The van der Waals surface area contributed by atoms with Gasteiger partial charge in [0, 0.05) is 37.6 Å². The number of hydrogen-bond acceptors (Lipinski definition) is 5. The van der Waals surface area contributed by atoms with E-state index in [1.807, 2.05) is 12.1 Å². The predicted octanol–water partition coefficient (Wildman–Crippen LogP) is 1.90. The zero-order valence-electron chi connectivity index (χ0n) is 16.3. The van der Waals surface area contributed by atoms with Gasteiger partial charge in [-0.1, -0.05) is 6.07 Å². The fraction of sp³-hybridized carbons (Fsp3) is 0.350. The molecule has 1 aliphatic rings. The molecule has 0 aliphatic heterocycles. The summed E-state index contributed by atoms with van der Waals surface area (Å²) in [5.74, 6) is -0.512. The summed E-state index contributed by atoms with van der Waals surface area (Å²) in [5.41, 5.74) is 1.40. The van der Waals surface area contributed by atoms with Crippen LogP contribution in [0.4, 0.5) is 5.69 Å². The van der Waals surface area contributed by atoms with Crippen LogP contribution in [0.5, 0.6) is 0 Å². The van der Waals surface area contributed by atoms with E-state index in [2.05, 4.69) is 15.0 Å². The maximum Gasteiger partial charge on any atom is 0.241 e. The number of amides is 2. The third kappa shape index (κ3) is 5.61. The average Bonchev–Trinajstić information content (AvgIpc) is 3.51. The molecule has 3 rings (SSSR count). The molecular weight excluding hydrogens is 392 g/mol. The first kappa shape index (κ1) is 20.9. The van der Waals surface area contributed by atoms with Gasteiger partial charge in [-0.05, 0) is 55.7 Å². The number of hydrogen-bond donors (Lipinski definition) is 2. The van der Waals surface area contributed by atoms with Gasteiger partial charge in [0.25, 0.3) is 0 Å². The van der Waals surface area contributed by atoms with E-state index in [9.17, 15) is 18.0 Å². The van der Waals surface area contributed by atoms with Gasteiger partial charge in [-0.3, -0.25) is 14.6 Å². The number of carbonyl (C=O) groups is 2. The monoisotopic (exact) mass is 416 g/mol. The number of aromatic nitrogens is 1. The molecule has 154 valence electrons. The Morgan fingerprint density at radius 1 is 1.21 bits per heavy atom. The molecule has 1 aromatic heterocycles. The summed E-state index contributed by atoms with van der Waals surface area (Å²) in [6.07, 6.45) is 5.20. The van der Waals surface area contributed by atoms with Crippen LogP contribution in [0, 0.1) is 0 Å². The highest BCUT2D eigenvalue weighted by atomic mass is 32.2. The summed E-state index contributed by atoms with van der Waals surface area (Å²) in [6.45, 7) is 3.32. The van der Waals surface area contributed by atoms with Crippen molar-refractivity contribution in [3.05, 3.63) is 54.4 Å². The topological polar surface area (TPSA) is 108 Å². The second-order valence-electron chi connectivity index (χ2n) is 7.11. The minimum Gasteiger partial charge on any atom is -0.334 e. The summed E-state index contributed by atoms with van der Waals surface area (Å²) < 4.78 is 27.8. The molecule has 0 bridgehead atoms. The predicted molar refractivity (Wildman–Crippen MR) is 108 cm³/mol. The number of sulfonamides is 1. The third-order valence-electron chi connectivity index (χ3n) is 4.53. The van der Waals surface area contributed by atoms with E-state index < -0.39 is 16.1 Å². The van der Waals surface area contributed by atoms with Crippen molar-refractivity contribution < 1.29 is 18.0 Å². The number of nitrogens with one attached hydrogen (secondary N) is 2. The Hall–Kier alpha value is -2.78. The van der Waals surface area contributed by atoms with Crippen molar-refractivity contribution in [1.82, 2.24) is 14.6 Å². The van der Waals surface area contributed by atoms with Gasteiger partial charge < -0.3 is 10.2 Å². The van der Waals surface area contributed by atoms with Crippen molar-refractivity contribution in [3.63, 3.8) is 0 Å². The standard InChI is InChI=1S/C20H24N4O4S/c1-14(20(26)24(18-7-8-18)13-16-4-3-11-21-12-16)23-29(27,28)19-9-5-17(6-10-19)22-15(2)25/h3-6,9-12,14,18,23H,7-8,13H2,1-2H3,(H,22,25)/t14-/m0/s1. The number of carbonyl (C=O) groups excluding carboxylic acids is 2. The fourth-order valence-corrected chi connectivity index (χ4v) is 4.18. The minimum atomic E-state index is -3.88. The molecule has 0 spiro atoms. The van der Waals surface area contributed by atoms with Crippen molar-refractivity contribution in [2.24, 2.45) is 0 Å². The van der Waals surface area contributed by atoms with Gasteiger partial charge in [-0.25, -0.2) is 8.42 Å². The van der Waals surface area contributed by atoms with E-state index in [0.717, 1.165) is 18.4 Å². The Bertz CT molecular complexity index is 973. The van der Waals surface area contributed by atoms with Gasteiger partial charge in [0.2, 0.25) is 21.8 Å². The van der Waals surface area contributed by atoms with Crippen LogP contribution >= 0.6 is 0 Å². The average molecular weight is 417 g/mol. The minimum absolute atomic E-state index is 0.0245. The zero-order chi connectivity index (χ0) is 21.0. The maximum absolute atomic E-state index is 12.9. The van der Waals surface area contributed by atoms with Gasteiger partial charge in [-0.2, -0.15) is 4.72 Å². The Kier molecular flexibility index (Phi) is 6.29. The zero-order valence-corrected chi connectivity index (χ0v) is 17.1. The van der Waals surface area contributed by atoms with E-state index in [1.54, 1.807) is 24.2 Å². The number of nitrogens with zero attached hydrogens (tertiary/aromatic N) is 2. The Morgan fingerprint density at radius 2 is 1.90 bits per heavy atom. The van der Waals surface area contributed by atoms with Gasteiger partial charge in [0.05, 0.1) is 10.9 Å². The van der Waals surface area contributed by atoms with E-state index in [0.29, 0.717) is 12.2 Å². The molecule has 1 fully saturated rings. The van der Waals surface area contributed by atoms with E-state index >= 15 is 0 Å². The summed E-state index contributed by atoms with van der Waals surface area (Å²) in [4.78, 5) is 29.8. The van der Waals surface area contributed by atoms with Crippen LogP contribution in [0.25, 0.3) is 0 Å². The highest BCUT2D eigenvalue weighted by Crippen LogP contribution is 2.29. The first-order valence-electron chi connectivity index (χ1n) is 9.35. The smallest absolute Gasteiger partial charge is 0.241 e. The number of benzene rings is 1.